The summed E-state index contributed by atoms with van der Waals surface area (Å²) in [6.07, 6.45) is 15.0. The highest BCUT2D eigenvalue weighted by Crippen LogP contribution is 2.62. The third-order valence-corrected chi connectivity index (χ3v) is 5.85. The molecule has 2 aliphatic rings. The van der Waals surface area contributed by atoms with Crippen molar-refractivity contribution in [2.45, 2.75) is 83.9 Å². The molecular weight excluding hydrogens is 191 g/mol. The number of hydrogen-bond acceptors (Lipinski definition) is 0. The number of fused-ring (bicyclic) bond motifs is 1. The molecule has 0 radical (unpaired) electrons. The lowest BCUT2D eigenvalue weighted by atomic mass is 9.46. The Bertz CT molecular complexity index is 238. The van der Waals surface area contributed by atoms with Gasteiger partial charge in [0.25, 0.3) is 0 Å². The fourth-order valence-electron chi connectivity index (χ4n) is 4.66. The third-order valence-electron chi connectivity index (χ3n) is 5.85. The Balaban J connectivity index is 2.17. The minimum Gasteiger partial charge on any atom is -0.0692 e. The van der Waals surface area contributed by atoms with Crippen molar-refractivity contribution in [3.63, 3.8) is 0 Å². The molecule has 2 saturated carbocycles. The van der Waals surface area contributed by atoms with Crippen molar-refractivity contribution >= 4 is 7.85 Å². The quantitative estimate of drug-likeness (QED) is 0.620. The first kappa shape index (κ1) is 12.5. The normalized spacial score (nSPS) is 44.0. The van der Waals surface area contributed by atoms with Crippen LogP contribution < -0.4 is 0 Å². The van der Waals surface area contributed by atoms with Crippen LogP contribution in [0.3, 0.4) is 0 Å². The molecule has 0 saturated heterocycles. The van der Waals surface area contributed by atoms with Gasteiger partial charge in [-0.15, -0.1) is 0 Å². The maximum atomic E-state index is 2.62. The molecule has 0 aromatic carbocycles. The summed E-state index contributed by atoms with van der Waals surface area (Å²) in [6, 6.07) is 0. The van der Waals surface area contributed by atoms with E-state index in [1.807, 2.05) is 0 Å². The van der Waals surface area contributed by atoms with Gasteiger partial charge < -0.3 is 0 Å². The molecule has 0 aromatic heterocycles. The van der Waals surface area contributed by atoms with E-state index in [1.165, 1.54) is 64.2 Å². The molecular formula is C15H29B. The minimum atomic E-state index is 0.701. The van der Waals surface area contributed by atoms with E-state index in [0.29, 0.717) is 5.41 Å². The van der Waals surface area contributed by atoms with Crippen molar-refractivity contribution in [1.29, 1.82) is 0 Å². The van der Waals surface area contributed by atoms with Crippen molar-refractivity contribution in [3.8, 4) is 0 Å². The smallest absolute Gasteiger partial charge is 0.0692 e. The molecule has 0 aliphatic heterocycles. The lowest BCUT2D eigenvalue weighted by molar-refractivity contribution is -0.0492. The van der Waals surface area contributed by atoms with E-state index in [0.717, 1.165) is 11.2 Å². The first-order valence-electron chi connectivity index (χ1n) is 7.62. The van der Waals surface area contributed by atoms with Crippen LogP contribution in [0.2, 0.25) is 5.82 Å². The van der Waals surface area contributed by atoms with Gasteiger partial charge in [-0.25, -0.2) is 0 Å². The average Bonchev–Trinajstić information content (AvgIpc) is 2.27. The van der Waals surface area contributed by atoms with E-state index in [2.05, 4.69) is 21.7 Å². The fourth-order valence-corrected chi connectivity index (χ4v) is 4.66. The van der Waals surface area contributed by atoms with E-state index in [4.69, 9.17) is 0 Å². The highest BCUT2D eigenvalue weighted by Gasteiger charge is 2.50. The Kier molecular flexibility index (Phi) is 3.71. The number of hydrogen-bond donors (Lipinski definition) is 0. The van der Waals surface area contributed by atoms with Crippen molar-refractivity contribution < 1.29 is 0 Å². The van der Waals surface area contributed by atoms with Gasteiger partial charge in [0.1, 0.15) is 7.85 Å². The van der Waals surface area contributed by atoms with Gasteiger partial charge in [-0.1, -0.05) is 58.2 Å². The predicted molar refractivity (Wildman–Crippen MR) is 74.7 cm³/mol. The van der Waals surface area contributed by atoms with E-state index < -0.39 is 0 Å². The Morgan fingerprint density at radius 2 is 1.94 bits per heavy atom. The summed E-state index contributed by atoms with van der Waals surface area (Å²) in [4.78, 5) is 0. The molecule has 0 bridgehead atoms. The predicted octanol–water partition coefficient (Wildman–Crippen LogP) is 4.35. The Morgan fingerprint density at radius 3 is 2.69 bits per heavy atom. The van der Waals surface area contributed by atoms with Gasteiger partial charge in [0, 0.05) is 0 Å². The highest BCUT2D eigenvalue weighted by atomic mass is 14.5. The molecule has 0 N–H and O–H groups in total. The second-order valence-electron chi connectivity index (χ2n) is 7.00. The van der Waals surface area contributed by atoms with Crippen LogP contribution in [0.1, 0.15) is 78.1 Å². The molecule has 3 atom stereocenters. The Labute approximate surface area is 103 Å². The van der Waals surface area contributed by atoms with E-state index >= 15 is 0 Å². The molecule has 0 spiro atoms. The molecule has 3 unspecified atom stereocenters. The summed E-state index contributed by atoms with van der Waals surface area (Å²) in [5.74, 6) is 0.989. The van der Waals surface area contributed by atoms with Crippen LogP contribution in [0.4, 0.5) is 0 Å². The molecule has 0 aromatic rings. The lowest BCUT2D eigenvalue weighted by Crippen LogP contribution is -2.46. The molecule has 16 heavy (non-hydrogen) atoms. The summed E-state index contributed by atoms with van der Waals surface area (Å²) in [5.41, 5.74) is 1.44. The summed E-state index contributed by atoms with van der Waals surface area (Å²) in [6.45, 7) is 4.97. The molecule has 0 heterocycles. The first-order valence-corrected chi connectivity index (χ1v) is 7.62. The van der Waals surface area contributed by atoms with Crippen LogP contribution in [-0.4, -0.2) is 7.85 Å². The second kappa shape index (κ2) is 4.74. The number of unbranched alkanes of at least 4 members (excludes halogenated alkanes) is 1. The lowest BCUT2D eigenvalue weighted by Gasteiger charge is -2.57. The van der Waals surface area contributed by atoms with Crippen LogP contribution in [0.5, 0.6) is 0 Å². The van der Waals surface area contributed by atoms with Crippen molar-refractivity contribution in [3.05, 3.63) is 0 Å². The Morgan fingerprint density at radius 1 is 1.19 bits per heavy atom. The summed E-state index contributed by atoms with van der Waals surface area (Å²) in [7, 11) is 2.49. The zero-order valence-corrected chi connectivity index (χ0v) is 11.6. The Hall–Kier alpha value is 0.0649. The SMILES string of the molecule is BC1CCC2(C)CCCCC2(CCCC)C1. The molecule has 2 aliphatic carbocycles. The van der Waals surface area contributed by atoms with Gasteiger partial charge in [-0.2, -0.15) is 0 Å². The van der Waals surface area contributed by atoms with Crippen LogP contribution in [0.25, 0.3) is 0 Å². The van der Waals surface area contributed by atoms with Gasteiger partial charge in [-0.3, -0.25) is 0 Å². The van der Waals surface area contributed by atoms with Gasteiger partial charge in [0.05, 0.1) is 0 Å². The highest BCUT2D eigenvalue weighted by molar-refractivity contribution is 6.11. The van der Waals surface area contributed by atoms with E-state index in [1.54, 1.807) is 0 Å². The van der Waals surface area contributed by atoms with Gasteiger partial charge in [0.2, 0.25) is 0 Å². The van der Waals surface area contributed by atoms with Gasteiger partial charge >= 0.3 is 0 Å². The standard InChI is InChI=1S/C15H29B/c1-3-4-9-15-10-6-5-8-14(15,2)11-7-13(16)12-15/h13H,3-12,16H2,1-2H3. The topological polar surface area (TPSA) is 0 Å². The zero-order valence-electron chi connectivity index (χ0n) is 11.6. The first-order chi connectivity index (χ1) is 7.62. The molecule has 0 amide bonds. The van der Waals surface area contributed by atoms with Crippen LogP contribution in [-0.2, 0) is 0 Å². The largest absolute Gasteiger partial charge is 0.105 e. The van der Waals surface area contributed by atoms with E-state index in [-0.39, 0.29) is 0 Å². The second-order valence-corrected chi connectivity index (χ2v) is 7.00. The zero-order chi connectivity index (χ0) is 11.6. The van der Waals surface area contributed by atoms with Crippen molar-refractivity contribution in [1.82, 2.24) is 0 Å². The molecule has 1 heteroatoms. The van der Waals surface area contributed by atoms with Gasteiger partial charge in [0.15, 0.2) is 0 Å². The van der Waals surface area contributed by atoms with Crippen LogP contribution in [0.15, 0.2) is 0 Å². The molecule has 92 valence electrons. The monoisotopic (exact) mass is 220 g/mol. The number of rotatable bonds is 3. The van der Waals surface area contributed by atoms with Crippen molar-refractivity contribution in [2.75, 3.05) is 0 Å². The molecule has 2 fully saturated rings. The summed E-state index contributed by atoms with van der Waals surface area (Å²) in [5, 5.41) is 0. The maximum Gasteiger partial charge on any atom is 0.105 e. The maximum absolute atomic E-state index is 2.62. The van der Waals surface area contributed by atoms with E-state index in [9.17, 15) is 0 Å². The summed E-state index contributed by atoms with van der Waals surface area (Å²) < 4.78 is 0. The fraction of sp³-hybridized carbons (Fsp3) is 1.00. The molecule has 2 rings (SSSR count). The van der Waals surface area contributed by atoms with Gasteiger partial charge in [-0.05, 0) is 36.5 Å². The average molecular weight is 220 g/mol. The van der Waals surface area contributed by atoms with Crippen LogP contribution >= 0.6 is 0 Å². The van der Waals surface area contributed by atoms with Crippen LogP contribution in [0, 0.1) is 10.8 Å². The minimum absolute atomic E-state index is 0.701. The third kappa shape index (κ3) is 2.07. The molecule has 0 nitrogen and oxygen atoms in total. The summed E-state index contributed by atoms with van der Waals surface area (Å²) >= 11 is 0. The van der Waals surface area contributed by atoms with Crippen molar-refractivity contribution in [2.24, 2.45) is 10.8 Å².